The highest BCUT2D eigenvalue weighted by Gasteiger charge is 2.56. The van der Waals surface area contributed by atoms with E-state index in [1.807, 2.05) is 13.0 Å². The van der Waals surface area contributed by atoms with Crippen molar-refractivity contribution in [1.82, 2.24) is 0 Å². The zero-order chi connectivity index (χ0) is 12.8. The van der Waals surface area contributed by atoms with Crippen molar-refractivity contribution in [3.63, 3.8) is 0 Å². The third kappa shape index (κ3) is 1.36. The molecule has 18 heavy (non-hydrogen) atoms. The molecule has 1 heterocycles. The average Bonchev–Trinajstić information content (AvgIpc) is 2.97. The zero-order valence-electron chi connectivity index (χ0n) is 10.6. The number of aliphatic hydroxyl groups is 1. The van der Waals surface area contributed by atoms with Gasteiger partial charge in [-0.25, -0.2) is 0 Å². The summed E-state index contributed by atoms with van der Waals surface area (Å²) >= 11 is 0. The second-order valence-electron chi connectivity index (χ2n) is 5.52. The number of nitrogens with zero attached hydrogens (tertiary/aromatic N) is 1. The zero-order valence-corrected chi connectivity index (χ0v) is 10.6. The molecule has 1 aromatic carbocycles. The van der Waals surface area contributed by atoms with Gasteiger partial charge in [-0.15, -0.1) is 0 Å². The predicted octanol–water partition coefficient (Wildman–Crippen LogP) is 2.06. The van der Waals surface area contributed by atoms with Crippen LogP contribution in [0.2, 0.25) is 0 Å². The summed E-state index contributed by atoms with van der Waals surface area (Å²) in [5, 5.41) is 20.7. The van der Waals surface area contributed by atoms with Gasteiger partial charge in [0, 0.05) is 6.61 Å². The normalized spacial score (nSPS) is 34.3. The minimum atomic E-state index is -1.04. The highest BCUT2D eigenvalue weighted by atomic mass is 16.5. The second-order valence-corrected chi connectivity index (χ2v) is 5.52. The Labute approximate surface area is 107 Å². The van der Waals surface area contributed by atoms with Gasteiger partial charge in [0.25, 0.3) is 0 Å². The summed E-state index contributed by atoms with van der Waals surface area (Å²) < 4.78 is 5.39. The highest BCUT2D eigenvalue weighted by molar-refractivity contribution is 5.43. The van der Waals surface area contributed by atoms with Crippen LogP contribution in [0, 0.1) is 23.7 Å². The van der Waals surface area contributed by atoms with Crippen LogP contribution in [0.1, 0.15) is 29.5 Å². The van der Waals surface area contributed by atoms with Gasteiger partial charge in [-0.05, 0) is 37.3 Å². The van der Waals surface area contributed by atoms with Crippen LogP contribution in [0.4, 0.5) is 0 Å². The van der Waals surface area contributed by atoms with Crippen molar-refractivity contribution in [2.75, 3.05) is 13.2 Å². The molecule has 1 aliphatic carbocycles. The Morgan fingerprint density at radius 2 is 2.22 bits per heavy atom. The van der Waals surface area contributed by atoms with Gasteiger partial charge in [-0.2, -0.15) is 5.26 Å². The van der Waals surface area contributed by atoms with Crippen molar-refractivity contribution >= 4 is 0 Å². The molecule has 94 valence electrons. The Morgan fingerprint density at radius 3 is 2.89 bits per heavy atom. The van der Waals surface area contributed by atoms with Crippen molar-refractivity contribution in [2.45, 2.75) is 31.8 Å². The van der Waals surface area contributed by atoms with Gasteiger partial charge in [-0.3, -0.25) is 0 Å². The molecule has 1 aliphatic heterocycles. The molecule has 3 rings (SSSR count). The van der Waals surface area contributed by atoms with Crippen molar-refractivity contribution in [3.8, 4) is 6.07 Å². The Hall–Kier alpha value is -1.37. The Morgan fingerprint density at radius 1 is 1.39 bits per heavy atom. The fourth-order valence-corrected chi connectivity index (χ4v) is 3.31. The summed E-state index contributed by atoms with van der Waals surface area (Å²) in [7, 11) is 0. The molecule has 0 amide bonds. The molecule has 2 aliphatic rings. The molecule has 3 heteroatoms. The van der Waals surface area contributed by atoms with E-state index in [1.165, 1.54) is 5.56 Å². The molecule has 1 aromatic rings. The van der Waals surface area contributed by atoms with Crippen LogP contribution in [0.3, 0.4) is 0 Å². The minimum Gasteiger partial charge on any atom is -0.383 e. The van der Waals surface area contributed by atoms with Crippen LogP contribution in [0.5, 0.6) is 0 Å². The van der Waals surface area contributed by atoms with Gasteiger partial charge in [0.1, 0.15) is 11.0 Å². The van der Waals surface area contributed by atoms with Crippen LogP contribution in [0.15, 0.2) is 18.2 Å². The summed E-state index contributed by atoms with van der Waals surface area (Å²) in [5.74, 6) is 0. The highest BCUT2D eigenvalue weighted by Crippen LogP contribution is 2.52. The van der Waals surface area contributed by atoms with E-state index in [4.69, 9.17) is 4.74 Å². The molecule has 1 N–H and O–H groups in total. The van der Waals surface area contributed by atoms with E-state index in [0.29, 0.717) is 26.1 Å². The Balaban J connectivity index is 2.14. The molecule has 0 aromatic heterocycles. The van der Waals surface area contributed by atoms with E-state index in [2.05, 4.69) is 18.2 Å². The van der Waals surface area contributed by atoms with Crippen LogP contribution in [0.25, 0.3) is 0 Å². The maximum Gasteiger partial charge on any atom is 0.116 e. The molecule has 2 unspecified atom stereocenters. The predicted molar refractivity (Wildman–Crippen MR) is 66.9 cm³/mol. The van der Waals surface area contributed by atoms with Crippen LogP contribution in [-0.2, 0) is 16.8 Å². The molecule has 0 spiro atoms. The maximum atomic E-state index is 11.1. The van der Waals surface area contributed by atoms with Gasteiger partial charge in [0.05, 0.1) is 12.7 Å². The first-order chi connectivity index (χ1) is 8.61. The summed E-state index contributed by atoms with van der Waals surface area (Å²) in [6.45, 7) is 2.92. The number of hydrogen-bond acceptors (Lipinski definition) is 3. The summed E-state index contributed by atoms with van der Waals surface area (Å²) in [6, 6.07) is 8.51. The lowest BCUT2D eigenvalue weighted by atomic mass is 9.69. The maximum absolute atomic E-state index is 11.1. The van der Waals surface area contributed by atoms with Crippen molar-refractivity contribution in [2.24, 2.45) is 5.41 Å². The minimum absolute atomic E-state index is 0.341. The fourth-order valence-electron chi connectivity index (χ4n) is 3.31. The lowest BCUT2D eigenvalue weighted by Gasteiger charge is -2.37. The van der Waals surface area contributed by atoms with Gasteiger partial charge in [0.2, 0.25) is 0 Å². The largest absolute Gasteiger partial charge is 0.383 e. The smallest absolute Gasteiger partial charge is 0.116 e. The molecular formula is C15H17NO2. The first kappa shape index (κ1) is 11.7. The Kier molecular flexibility index (Phi) is 2.48. The van der Waals surface area contributed by atoms with Crippen LogP contribution < -0.4 is 0 Å². The summed E-state index contributed by atoms with van der Waals surface area (Å²) in [6.07, 6.45) is 2.09. The van der Waals surface area contributed by atoms with Crippen molar-refractivity contribution in [1.29, 1.82) is 5.26 Å². The third-order valence-corrected chi connectivity index (χ3v) is 4.49. The topological polar surface area (TPSA) is 53.2 Å². The number of aryl methyl sites for hydroxylation is 2. The van der Waals surface area contributed by atoms with E-state index < -0.39 is 11.0 Å². The monoisotopic (exact) mass is 243 g/mol. The van der Waals surface area contributed by atoms with Gasteiger partial charge in [0.15, 0.2) is 0 Å². The molecule has 1 fully saturated rings. The first-order valence-electron chi connectivity index (χ1n) is 6.43. The van der Waals surface area contributed by atoms with Crippen molar-refractivity contribution in [3.05, 3.63) is 34.9 Å². The lowest BCUT2D eigenvalue weighted by molar-refractivity contribution is -0.0626. The molecule has 2 atom stereocenters. The van der Waals surface area contributed by atoms with E-state index in [9.17, 15) is 10.4 Å². The van der Waals surface area contributed by atoms with E-state index in [-0.39, 0.29) is 0 Å². The number of hydrogen-bond donors (Lipinski definition) is 1. The van der Waals surface area contributed by atoms with Gasteiger partial charge in [-0.1, -0.05) is 23.8 Å². The number of rotatable bonds is 1. The van der Waals surface area contributed by atoms with E-state index in [1.54, 1.807) is 0 Å². The van der Waals surface area contributed by atoms with Gasteiger partial charge < -0.3 is 9.84 Å². The third-order valence-electron chi connectivity index (χ3n) is 4.49. The SMILES string of the molecule is Cc1ccc2c(c1)C(O)(C1(C#N)CCOC1)CC2. The molecule has 0 radical (unpaired) electrons. The molecule has 0 saturated carbocycles. The van der Waals surface area contributed by atoms with E-state index >= 15 is 0 Å². The Bertz CT molecular complexity index is 526. The standard InChI is InChI=1S/C15H17NO2/c1-11-2-3-12-4-5-15(17,13(12)8-11)14(9-16)6-7-18-10-14/h2-3,8,17H,4-7,10H2,1H3. The van der Waals surface area contributed by atoms with Crippen molar-refractivity contribution < 1.29 is 9.84 Å². The fraction of sp³-hybridized carbons (Fsp3) is 0.533. The first-order valence-corrected chi connectivity index (χ1v) is 6.43. The average molecular weight is 243 g/mol. The second kappa shape index (κ2) is 3.81. The lowest BCUT2D eigenvalue weighted by Crippen LogP contribution is -2.44. The molecule has 0 bridgehead atoms. The number of ether oxygens (including phenoxy) is 1. The number of fused-ring (bicyclic) bond motifs is 1. The molecule has 1 saturated heterocycles. The van der Waals surface area contributed by atoms with Crippen LogP contribution >= 0.6 is 0 Å². The van der Waals surface area contributed by atoms with E-state index in [0.717, 1.165) is 17.5 Å². The summed E-state index contributed by atoms with van der Waals surface area (Å²) in [5.41, 5.74) is 1.42. The van der Waals surface area contributed by atoms with Gasteiger partial charge >= 0.3 is 0 Å². The van der Waals surface area contributed by atoms with Crippen LogP contribution in [-0.4, -0.2) is 18.3 Å². The summed E-state index contributed by atoms with van der Waals surface area (Å²) in [4.78, 5) is 0. The quantitative estimate of drug-likeness (QED) is 0.821. The number of nitriles is 1. The molecule has 3 nitrogen and oxygen atoms in total. The molecular weight excluding hydrogens is 226 g/mol. The number of benzene rings is 1.